The summed E-state index contributed by atoms with van der Waals surface area (Å²) in [7, 11) is 0. The zero-order chi connectivity index (χ0) is 15.4. The fourth-order valence-corrected chi connectivity index (χ4v) is 2.57. The van der Waals surface area contributed by atoms with Crippen molar-refractivity contribution in [2.75, 3.05) is 0 Å². The monoisotopic (exact) mass is 349 g/mol. The van der Waals surface area contributed by atoms with Gasteiger partial charge in [0.25, 0.3) is 0 Å². The molecule has 2 rings (SSSR count). The van der Waals surface area contributed by atoms with Crippen LogP contribution in [0.5, 0.6) is 5.75 Å². The quantitative estimate of drug-likeness (QED) is 0.769. The highest BCUT2D eigenvalue weighted by Crippen LogP contribution is 2.24. The van der Waals surface area contributed by atoms with Crippen molar-refractivity contribution < 1.29 is 15.0 Å². The van der Waals surface area contributed by atoms with E-state index in [0.29, 0.717) is 6.54 Å². The van der Waals surface area contributed by atoms with Crippen molar-refractivity contribution in [2.45, 2.75) is 19.5 Å². The molecule has 0 amide bonds. The van der Waals surface area contributed by atoms with Gasteiger partial charge in [-0.3, -0.25) is 0 Å². The highest BCUT2D eigenvalue weighted by molar-refractivity contribution is 9.10. The van der Waals surface area contributed by atoms with E-state index in [4.69, 9.17) is 5.11 Å². The molecule has 4 nitrogen and oxygen atoms in total. The molecule has 0 aliphatic rings. The summed E-state index contributed by atoms with van der Waals surface area (Å²) in [6.07, 6.45) is 0. The zero-order valence-electron chi connectivity index (χ0n) is 11.5. The first-order valence-corrected chi connectivity index (χ1v) is 7.31. The summed E-state index contributed by atoms with van der Waals surface area (Å²) in [5, 5.41) is 22.1. The molecule has 1 atom stereocenters. The van der Waals surface area contributed by atoms with Crippen LogP contribution in [0.15, 0.2) is 46.9 Å². The fourth-order valence-electron chi connectivity index (χ4n) is 2.05. The van der Waals surface area contributed by atoms with Gasteiger partial charge in [0.2, 0.25) is 0 Å². The van der Waals surface area contributed by atoms with Crippen LogP contribution in [0.25, 0.3) is 0 Å². The van der Waals surface area contributed by atoms with Crippen molar-refractivity contribution >= 4 is 21.9 Å². The second-order valence-electron chi connectivity index (χ2n) is 4.77. The zero-order valence-corrected chi connectivity index (χ0v) is 13.1. The molecular formula is C16H16BrNO3. The van der Waals surface area contributed by atoms with Crippen LogP contribution >= 0.6 is 15.9 Å². The van der Waals surface area contributed by atoms with E-state index in [1.807, 2.05) is 19.1 Å². The lowest BCUT2D eigenvalue weighted by Gasteiger charge is -2.16. The fraction of sp³-hybridized carbons (Fsp3) is 0.188. The van der Waals surface area contributed by atoms with Crippen LogP contribution in [-0.2, 0) is 6.54 Å². The molecule has 0 aromatic heterocycles. The number of phenols is 1. The van der Waals surface area contributed by atoms with Gasteiger partial charge in [-0.05, 0) is 30.7 Å². The second-order valence-corrected chi connectivity index (χ2v) is 5.63. The molecule has 0 heterocycles. The van der Waals surface area contributed by atoms with E-state index in [0.717, 1.165) is 15.6 Å². The maximum absolute atomic E-state index is 10.9. The number of aromatic carboxylic acids is 1. The molecule has 0 bridgehead atoms. The SMILES string of the molecule is C[C@H](NCc1ccc(C(=O)O)cc1Br)c1ccccc1O. The number of phenolic OH excluding ortho intramolecular Hbond substituents is 1. The molecule has 0 aliphatic carbocycles. The van der Waals surface area contributed by atoms with Crippen molar-refractivity contribution in [3.8, 4) is 5.75 Å². The van der Waals surface area contributed by atoms with Crippen molar-refractivity contribution in [2.24, 2.45) is 0 Å². The van der Waals surface area contributed by atoms with Gasteiger partial charge < -0.3 is 15.5 Å². The minimum atomic E-state index is -0.946. The number of aromatic hydroxyl groups is 1. The Balaban J connectivity index is 2.06. The van der Waals surface area contributed by atoms with Crippen LogP contribution in [0, 0.1) is 0 Å². The number of halogens is 1. The van der Waals surface area contributed by atoms with E-state index >= 15 is 0 Å². The maximum Gasteiger partial charge on any atom is 0.335 e. The summed E-state index contributed by atoms with van der Waals surface area (Å²) in [5.74, 6) is -0.685. The minimum absolute atomic E-state index is 0.0164. The van der Waals surface area contributed by atoms with Gasteiger partial charge in [-0.15, -0.1) is 0 Å². The van der Waals surface area contributed by atoms with Crippen LogP contribution in [0.2, 0.25) is 0 Å². The molecule has 2 aromatic rings. The molecule has 0 saturated carbocycles. The number of rotatable bonds is 5. The average molecular weight is 350 g/mol. The number of hydrogen-bond donors (Lipinski definition) is 3. The van der Waals surface area contributed by atoms with Crippen LogP contribution in [0.1, 0.15) is 34.5 Å². The highest BCUT2D eigenvalue weighted by atomic mass is 79.9. The number of carbonyl (C=O) groups is 1. The maximum atomic E-state index is 10.9. The van der Waals surface area contributed by atoms with E-state index in [9.17, 15) is 9.90 Å². The molecule has 0 aliphatic heterocycles. The minimum Gasteiger partial charge on any atom is -0.508 e. The predicted molar refractivity (Wildman–Crippen MR) is 84.5 cm³/mol. The molecular weight excluding hydrogens is 334 g/mol. The molecule has 3 N–H and O–H groups in total. The molecule has 110 valence electrons. The molecule has 0 saturated heterocycles. The number of carboxylic acids is 1. The Morgan fingerprint density at radius 1 is 1.29 bits per heavy atom. The van der Waals surface area contributed by atoms with E-state index in [2.05, 4.69) is 21.2 Å². The molecule has 0 fully saturated rings. The first kappa shape index (κ1) is 15.5. The Hall–Kier alpha value is -1.85. The van der Waals surface area contributed by atoms with Crippen molar-refractivity contribution in [1.82, 2.24) is 5.32 Å². The summed E-state index contributed by atoms with van der Waals surface area (Å²) < 4.78 is 0.749. The van der Waals surface area contributed by atoms with Gasteiger partial charge in [-0.25, -0.2) is 4.79 Å². The normalized spacial score (nSPS) is 12.1. The summed E-state index contributed by atoms with van der Waals surface area (Å²) in [4.78, 5) is 10.9. The predicted octanol–water partition coefficient (Wildman–Crippen LogP) is 3.70. The smallest absolute Gasteiger partial charge is 0.335 e. The largest absolute Gasteiger partial charge is 0.508 e. The third-order valence-electron chi connectivity index (χ3n) is 3.30. The standard InChI is InChI=1S/C16H16BrNO3/c1-10(13-4-2-3-5-15(13)19)18-9-12-7-6-11(16(20)21)8-14(12)17/h2-8,10,18-19H,9H2,1H3,(H,20,21)/t10-/m0/s1. The lowest BCUT2D eigenvalue weighted by Crippen LogP contribution is -2.18. The van der Waals surface area contributed by atoms with Gasteiger partial charge in [-0.2, -0.15) is 0 Å². The first-order chi connectivity index (χ1) is 9.99. The third-order valence-corrected chi connectivity index (χ3v) is 4.04. The lowest BCUT2D eigenvalue weighted by atomic mass is 10.1. The second kappa shape index (κ2) is 6.74. The Morgan fingerprint density at radius 2 is 2.00 bits per heavy atom. The number of nitrogens with one attached hydrogen (secondary N) is 1. The Labute approximate surface area is 131 Å². The Morgan fingerprint density at radius 3 is 2.62 bits per heavy atom. The number of benzene rings is 2. The number of hydrogen-bond acceptors (Lipinski definition) is 3. The molecule has 0 spiro atoms. The van der Waals surface area contributed by atoms with Crippen LogP contribution in [0.3, 0.4) is 0 Å². The summed E-state index contributed by atoms with van der Waals surface area (Å²) in [6, 6.07) is 12.1. The molecule has 2 aromatic carbocycles. The van der Waals surface area contributed by atoms with Crippen LogP contribution in [-0.4, -0.2) is 16.2 Å². The van der Waals surface area contributed by atoms with Gasteiger partial charge in [0.05, 0.1) is 5.56 Å². The number of para-hydroxylation sites is 1. The highest BCUT2D eigenvalue weighted by Gasteiger charge is 2.11. The van der Waals surface area contributed by atoms with Gasteiger partial charge in [-0.1, -0.05) is 40.2 Å². The lowest BCUT2D eigenvalue weighted by molar-refractivity contribution is 0.0697. The van der Waals surface area contributed by atoms with E-state index in [1.54, 1.807) is 30.3 Å². The van der Waals surface area contributed by atoms with Gasteiger partial charge in [0, 0.05) is 22.6 Å². The average Bonchev–Trinajstić information content (AvgIpc) is 2.46. The topological polar surface area (TPSA) is 69.6 Å². The van der Waals surface area contributed by atoms with E-state index < -0.39 is 5.97 Å². The van der Waals surface area contributed by atoms with E-state index in [-0.39, 0.29) is 17.4 Å². The first-order valence-electron chi connectivity index (χ1n) is 6.52. The van der Waals surface area contributed by atoms with Crippen molar-refractivity contribution in [3.05, 3.63) is 63.6 Å². The summed E-state index contributed by atoms with van der Waals surface area (Å²) in [5.41, 5.74) is 2.04. The van der Waals surface area contributed by atoms with Crippen molar-refractivity contribution in [1.29, 1.82) is 0 Å². The Bertz CT molecular complexity index is 658. The van der Waals surface area contributed by atoms with Crippen LogP contribution < -0.4 is 5.32 Å². The number of carboxylic acid groups (broad SMARTS) is 1. The van der Waals surface area contributed by atoms with Gasteiger partial charge in [0.15, 0.2) is 0 Å². The van der Waals surface area contributed by atoms with Gasteiger partial charge in [0.1, 0.15) is 5.75 Å². The van der Waals surface area contributed by atoms with E-state index in [1.165, 1.54) is 0 Å². The Kier molecular flexibility index (Phi) is 4.98. The van der Waals surface area contributed by atoms with Crippen molar-refractivity contribution in [3.63, 3.8) is 0 Å². The third kappa shape index (κ3) is 3.83. The summed E-state index contributed by atoms with van der Waals surface area (Å²) >= 11 is 3.38. The van der Waals surface area contributed by atoms with Gasteiger partial charge >= 0.3 is 5.97 Å². The summed E-state index contributed by atoms with van der Waals surface area (Å²) in [6.45, 7) is 2.53. The molecule has 21 heavy (non-hydrogen) atoms. The molecule has 5 heteroatoms. The molecule has 0 unspecified atom stereocenters. The molecule has 0 radical (unpaired) electrons. The van der Waals surface area contributed by atoms with Crippen LogP contribution in [0.4, 0.5) is 0 Å².